The van der Waals surface area contributed by atoms with Crippen molar-refractivity contribution in [2.24, 2.45) is 0 Å². The Balaban J connectivity index is 2.23. The molecule has 0 spiro atoms. The number of hydrogen-bond donors (Lipinski definition) is 1. The smallest absolute Gasteiger partial charge is 0.227 e. The van der Waals surface area contributed by atoms with Crippen LogP contribution in [0.1, 0.15) is 12.8 Å². The van der Waals surface area contributed by atoms with Gasteiger partial charge in [0.25, 0.3) is 0 Å². The number of nitrogens with zero attached hydrogens (tertiary/aromatic N) is 2. The second-order valence-corrected chi connectivity index (χ2v) is 3.13. The van der Waals surface area contributed by atoms with E-state index in [0.717, 1.165) is 25.3 Å². The van der Waals surface area contributed by atoms with Gasteiger partial charge >= 0.3 is 0 Å². The first-order valence-corrected chi connectivity index (χ1v) is 4.27. The maximum absolute atomic E-state index is 11.4. The molecule has 2 heterocycles. The highest BCUT2D eigenvalue weighted by Crippen LogP contribution is 2.17. The third kappa shape index (κ3) is 1.08. The molecule has 0 aromatic heterocycles. The van der Waals surface area contributed by atoms with Crippen LogP contribution in [-0.4, -0.2) is 36.0 Å². The van der Waals surface area contributed by atoms with Crippen LogP contribution >= 0.6 is 0 Å². The van der Waals surface area contributed by atoms with Crippen molar-refractivity contribution in [1.29, 1.82) is 0 Å². The largest absolute Gasteiger partial charge is 0.301 e. The second kappa shape index (κ2) is 2.79. The Morgan fingerprint density at radius 3 is 3.25 bits per heavy atom. The van der Waals surface area contributed by atoms with Gasteiger partial charge in [-0.05, 0) is 12.5 Å². The third-order valence-corrected chi connectivity index (χ3v) is 2.33. The molecule has 66 valence electrons. The summed E-state index contributed by atoms with van der Waals surface area (Å²) in [5, 5.41) is 2.05. The number of rotatable bonds is 0. The lowest BCUT2D eigenvalue weighted by molar-refractivity contribution is -0.128. The first-order valence-electron chi connectivity index (χ1n) is 4.27. The number of amides is 1. The van der Waals surface area contributed by atoms with Gasteiger partial charge in [0.15, 0.2) is 0 Å². The molecule has 0 unspecified atom stereocenters. The van der Waals surface area contributed by atoms with Gasteiger partial charge in [0, 0.05) is 26.6 Å². The Labute approximate surface area is 71.8 Å². The summed E-state index contributed by atoms with van der Waals surface area (Å²) < 4.78 is 0. The van der Waals surface area contributed by atoms with Crippen molar-refractivity contribution < 1.29 is 4.79 Å². The fourth-order valence-electron chi connectivity index (χ4n) is 1.63. The van der Waals surface area contributed by atoms with E-state index < -0.39 is 0 Å². The Bertz CT molecular complexity index is 236. The molecular weight excluding hydrogens is 154 g/mol. The minimum Gasteiger partial charge on any atom is -0.301 e. The summed E-state index contributed by atoms with van der Waals surface area (Å²) in [7, 11) is 1.83. The molecule has 0 aromatic carbocycles. The predicted molar refractivity (Wildman–Crippen MR) is 44.8 cm³/mol. The first-order chi connectivity index (χ1) is 5.79. The van der Waals surface area contributed by atoms with Gasteiger partial charge < -0.3 is 4.90 Å². The number of nitrogens with one attached hydrogen (secondary N) is 1. The number of fused-ring (bicyclic) bond motifs is 1. The monoisotopic (exact) mass is 167 g/mol. The van der Waals surface area contributed by atoms with Gasteiger partial charge in [0.05, 0.1) is 0 Å². The average Bonchev–Trinajstić information content (AvgIpc) is 2.46. The Morgan fingerprint density at radius 2 is 2.42 bits per heavy atom. The lowest BCUT2D eigenvalue weighted by Crippen LogP contribution is -2.37. The van der Waals surface area contributed by atoms with Crippen molar-refractivity contribution >= 4 is 5.91 Å². The van der Waals surface area contributed by atoms with Gasteiger partial charge in [-0.15, -0.1) is 0 Å². The van der Waals surface area contributed by atoms with E-state index in [0.29, 0.717) is 6.42 Å². The molecule has 0 radical (unpaired) electrons. The van der Waals surface area contributed by atoms with E-state index in [-0.39, 0.29) is 5.91 Å². The topological polar surface area (TPSA) is 35.6 Å². The van der Waals surface area contributed by atoms with E-state index in [1.165, 1.54) is 0 Å². The number of hydrogen-bond acceptors (Lipinski definition) is 3. The molecule has 1 saturated heterocycles. The highest BCUT2D eigenvalue weighted by atomic mass is 16.2. The first kappa shape index (κ1) is 7.61. The molecule has 4 nitrogen and oxygen atoms in total. The Hall–Kier alpha value is -1.03. The minimum absolute atomic E-state index is 0.215. The fourth-order valence-corrected chi connectivity index (χ4v) is 1.63. The molecule has 1 fully saturated rings. The maximum Gasteiger partial charge on any atom is 0.227 e. The summed E-state index contributed by atoms with van der Waals surface area (Å²) in [4.78, 5) is 13.1. The lowest BCUT2D eigenvalue weighted by atomic mass is 10.3. The Morgan fingerprint density at radius 1 is 1.58 bits per heavy atom. The van der Waals surface area contributed by atoms with Crippen LogP contribution in [0, 0.1) is 0 Å². The van der Waals surface area contributed by atoms with Crippen LogP contribution < -0.4 is 5.43 Å². The molecule has 0 aliphatic carbocycles. The maximum atomic E-state index is 11.4. The zero-order valence-electron chi connectivity index (χ0n) is 7.21. The SMILES string of the molecule is CN1C(=O)CCCN2NCC=C21. The van der Waals surface area contributed by atoms with E-state index in [4.69, 9.17) is 0 Å². The summed E-state index contributed by atoms with van der Waals surface area (Å²) in [6.07, 6.45) is 3.64. The summed E-state index contributed by atoms with van der Waals surface area (Å²) in [6.45, 7) is 1.77. The zero-order chi connectivity index (χ0) is 8.55. The molecule has 1 N–H and O–H groups in total. The van der Waals surface area contributed by atoms with Gasteiger partial charge in [-0.1, -0.05) is 0 Å². The fraction of sp³-hybridized carbons (Fsp3) is 0.625. The molecule has 0 aromatic rings. The lowest BCUT2D eigenvalue weighted by Gasteiger charge is -2.24. The van der Waals surface area contributed by atoms with Gasteiger partial charge in [-0.25, -0.2) is 5.43 Å². The van der Waals surface area contributed by atoms with Crippen molar-refractivity contribution in [3.63, 3.8) is 0 Å². The van der Waals surface area contributed by atoms with Crippen molar-refractivity contribution in [3.05, 3.63) is 11.9 Å². The normalized spacial score (nSPS) is 23.8. The van der Waals surface area contributed by atoms with Crippen LogP contribution in [0.2, 0.25) is 0 Å². The van der Waals surface area contributed by atoms with Crippen molar-refractivity contribution in [1.82, 2.24) is 15.3 Å². The summed E-state index contributed by atoms with van der Waals surface area (Å²) in [6, 6.07) is 0. The van der Waals surface area contributed by atoms with Gasteiger partial charge in [0.2, 0.25) is 5.91 Å². The predicted octanol–water partition coefficient (Wildman–Crippen LogP) is -0.0998. The van der Waals surface area contributed by atoms with Crippen LogP contribution in [0.4, 0.5) is 0 Å². The van der Waals surface area contributed by atoms with Crippen LogP contribution in [0.5, 0.6) is 0 Å². The molecule has 0 saturated carbocycles. The zero-order valence-corrected chi connectivity index (χ0v) is 7.21. The average molecular weight is 167 g/mol. The molecule has 2 aliphatic heterocycles. The van der Waals surface area contributed by atoms with Crippen molar-refractivity contribution in [3.8, 4) is 0 Å². The number of hydrazine groups is 1. The Kier molecular flexibility index (Phi) is 1.77. The molecule has 2 rings (SSSR count). The van der Waals surface area contributed by atoms with E-state index in [9.17, 15) is 4.79 Å². The quantitative estimate of drug-likeness (QED) is 0.547. The van der Waals surface area contributed by atoms with Crippen LogP contribution in [-0.2, 0) is 4.79 Å². The molecular formula is C8H13N3O. The minimum atomic E-state index is 0.215. The summed E-state index contributed by atoms with van der Waals surface area (Å²) in [5.41, 5.74) is 3.20. The molecule has 1 amide bonds. The van der Waals surface area contributed by atoms with Crippen LogP contribution in [0.3, 0.4) is 0 Å². The molecule has 2 aliphatic rings. The van der Waals surface area contributed by atoms with E-state index in [1.54, 1.807) is 4.90 Å². The summed E-state index contributed by atoms with van der Waals surface area (Å²) >= 11 is 0. The van der Waals surface area contributed by atoms with Crippen molar-refractivity contribution in [2.75, 3.05) is 20.1 Å². The van der Waals surface area contributed by atoms with Crippen LogP contribution in [0.15, 0.2) is 11.9 Å². The molecule has 12 heavy (non-hydrogen) atoms. The van der Waals surface area contributed by atoms with E-state index >= 15 is 0 Å². The van der Waals surface area contributed by atoms with E-state index in [2.05, 4.69) is 5.43 Å². The molecule has 0 atom stereocenters. The molecule has 0 bridgehead atoms. The third-order valence-electron chi connectivity index (χ3n) is 2.33. The summed E-state index contributed by atoms with van der Waals surface area (Å²) in [5.74, 6) is 1.23. The standard InChI is InChI=1S/C8H13N3O/c1-10-7-4-5-9-11(7)6-2-3-8(10)12/h4,9H,2-3,5-6H2,1H3. The number of carbonyl (C=O) groups is 1. The van der Waals surface area contributed by atoms with Gasteiger partial charge in [-0.3, -0.25) is 9.80 Å². The highest BCUT2D eigenvalue weighted by molar-refractivity contribution is 5.78. The van der Waals surface area contributed by atoms with E-state index in [1.807, 2.05) is 18.1 Å². The second-order valence-electron chi connectivity index (χ2n) is 3.13. The van der Waals surface area contributed by atoms with Gasteiger partial charge in [-0.2, -0.15) is 0 Å². The van der Waals surface area contributed by atoms with Crippen molar-refractivity contribution in [2.45, 2.75) is 12.8 Å². The van der Waals surface area contributed by atoms with Crippen LogP contribution in [0.25, 0.3) is 0 Å². The highest BCUT2D eigenvalue weighted by Gasteiger charge is 2.25. The number of carbonyl (C=O) groups excluding carboxylic acids is 1. The van der Waals surface area contributed by atoms with Gasteiger partial charge in [0.1, 0.15) is 5.82 Å². The molecule has 4 heteroatoms.